The van der Waals surface area contributed by atoms with E-state index in [1.807, 2.05) is 60.7 Å². The summed E-state index contributed by atoms with van der Waals surface area (Å²) < 4.78 is 5.28. The van der Waals surface area contributed by atoms with E-state index < -0.39 is 11.5 Å². The fourth-order valence-electron chi connectivity index (χ4n) is 1.78. The molecule has 1 unspecified atom stereocenters. The maximum Gasteiger partial charge on any atom is 0.330 e. The Labute approximate surface area is 113 Å². The number of carbonyl (C=O) groups is 1. The van der Waals surface area contributed by atoms with Crippen molar-refractivity contribution in [3.63, 3.8) is 0 Å². The van der Waals surface area contributed by atoms with Gasteiger partial charge in [-0.15, -0.1) is 0 Å². The molecule has 0 fully saturated rings. The highest BCUT2D eigenvalue weighted by Gasteiger charge is 2.32. The first-order valence-corrected chi connectivity index (χ1v) is 6.16. The van der Waals surface area contributed by atoms with Crippen LogP contribution in [-0.4, -0.2) is 5.97 Å². The number of hydrogen-bond donors (Lipinski definition) is 1. The Morgan fingerprint density at radius 1 is 1.05 bits per heavy atom. The Hall–Kier alpha value is -2.13. The molecule has 0 amide bonds. The van der Waals surface area contributed by atoms with Crippen molar-refractivity contribution in [2.75, 3.05) is 0 Å². The van der Waals surface area contributed by atoms with Crippen molar-refractivity contribution in [3.8, 4) is 0 Å². The second-order valence-electron chi connectivity index (χ2n) is 4.63. The summed E-state index contributed by atoms with van der Waals surface area (Å²) in [6.45, 7) is 1.90. The first kappa shape index (κ1) is 13.3. The second-order valence-corrected chi connectivity index (χ2v) is 4.63. The predicted molar refractivity (Wildman–Crippen MR) is 74.2 cm³/mol. The summed E-state index contributed by atoms with van der Waals surface area (Å²) in [4.78, 5) is 12.1. The van der Waals surface area contributed by atoms with Crippen molar-refractivity contribution in [2.45, 2.75) is 19.1 Å². The van der Waals surface area contributed by atoms with Gasteiger partial charge in [0.25, 0.3) is 0 Å². The Kier molecular flexibility index (Phi) is 3.97. The monoisotopic (exact) mass is 255 g/mol. The van der Waals surface area contributed by atoms with E-state index in [0.717, 1.165) is 11.1 Å². The van der Waals surface area contributed by atoms with Gasteiger partial charge in [-0.3, -0.25) is 0 Å². The third kappa shape index (κ3) is 3.20. The zero-order valence-electron chi connectivity index (χ0n) is 10.9. The van der Waals surface area contributed by atoms with E-state index >= 15 is 0 Å². The smallest absolute Gasteiger partial charge is 0.330 e. The fourth-order valence-corrected chi connectivity index (χ4v) is 1.78. The quantitative estimate of drug-likeness (QED) is 0.854. The van der Waals surface area contributed by atoms with Crippen LogP contribution in [0.1, 0.15) is 18.1 Å². The number of benzene rings is 2. The molecule has 0 bridgehead atoms. The molecule has 0 saturated carbocycles. The van der Waals surface area contributed by atoms with Crippen LogP contribution in [0.2, 0.25) is 0 Å². The highest BCUT2D eigenvalue weighted by molar-refractivity contribution is 5.81. The summed E-state index contributed by atoms with van der Waals surface area (Å²) >= 11 is 0. The summed E-state index contributed by atoms with van der Waals surface area (Å²) in [6, 6.07) is 18.8. The molecular formula is C16H17NO2. The molecule has 98 valence electrons. The van der Waals surface area contributed by atoms with Gasteiger partial charge in [-0.25, -0.2) is 4.79 Å². The van der Waals surface area contributed by atoms with Crippen LogP contribution < -0.4 is 5.73 Å². The molecule has 0 aromatic heterocycles. The van der Waals surface area contributed by atoms with E-state index in [0.29, 0.717) is 0 Å². The normalized spacial score (nSPS) is 13.6. The van der Waals surface area contributed by atoms with Crippen LogP contribution in [0.4, 0.5) is 0 Å². The van der Waals surface area contributed by atoms with Crippen molar-refractivity contribution < 1.29 is 9.53 Å². The molecule has 0 aliphatic carbocycles. The number of nitrogens with two attached hydrogens (primary N) is 1. The van der Waals surface area contributed by atoms with Gasteiger partial charge in [-0.2, -0.15) is 0 Å². The Balaban J connectivity index is 2.03. The van der Waals surface area contributed by atoms with E-state index in [1.54, 1.807) is 6.92 Å². The van der Waals surface area contributed by atoms with Gasteiger partial charge in [0.2, 0.25) is 0 Å². The molecule has 0 aliphatic rings. The standard InChI is InChI=1S/C16H17NO2/c1-16(17,14-10-6-3-7-11-14)15(18)19-12-13-8-4-2-5-9-13/h2-11H,12,17H2,1H3. The van der Waals surface area contributed by atoms with E-state index in [-0.39, 0.29) is 6.61 Å². The molecule has 0 spiro atoms. The minimum atomic E-state index is -1.13. The van der Waals surface area contributed by atoms with Crippen LogP contribution in [0.5, 0.6) is 0 Å². The maximum absolute atomic E-state index is 12.1. The van der Waals surface area contributed by atoms with Gasteiger partial charge in [-0.1, -0.05) is 60.7 Å². The molecular weight excluding hydrogens is 238 g/mol. The lowest BCUT2D eigenvalue weighted by Gasteiger charge is -2.23. The summed E-state index contributed by atoms with van der Waals surface area (Å²) in [5.74, 6) is -0.428. The van der Waals surface area contributed by atoms with Crippen molar-refractivity contribution in [2.24, 2.45) is 5.73 Å². The Morgan fingerprint density at radius 2 is 1.58 bits per heavy atom. The van der Waals surface area contributed by atoms with Crippen LogP contribution in [-0.2, 0) is 21.7 Å². The molecule has 0 radical (unpaired) electrons. The summed E-state index contributed by atoms with van der Waals surface area (Å²) in [5.41, 5.74) is 6.63. The van der Waals surface area contributed by atoms with Gasteiger partial charge < -0.3 is 10.5 Å². The highest BCUT2D eigenvalue weighted by Crippen LogP contribution is 2.19. The molecule has 2 rings (SSSR count). The van der Waals surface area contributed by atoms with E-state index in [4.69, 9.17) is 10.5 Å². The summed E-state index contributed by atoms with van der Waals surface area (Å²) in [6.07, 6.45) is 0. The van der Waals surface area contributed by atoms with Crippen molar-refractivity contribution >= 4 is 5.97 Å². The molecule has 0 heterocycles. The van der Waals surface area contributed by atoms with Gasteiger partial charge in [0.15, 0.2) is 0 Å². The molecule has 2 N–H and O–H groups in total. The Bertz CT molecular complexity index is 535. The van der Waals surface area contributed by atoms with Crippen LogP contribution >= 0.6 is 0 Å². The fraction of sp³-hybridized carbons (Fsp3) is 0.188. The molecule has 1 atom stereocenters. The van der Waals surface area contributed by atoms with Crippen LogP contribution in [0.3, 0.4) is 0 Å². The molecule has 3 nitrogen and oxygen atoms in total. The second kappa shape index (κ2) is 5.67. The first-order chi connectivity index (χ1) is 9.10. The SMILES string of the molecule is CC(N)(C(=O)OCc1ccccc1)c1ccccc1. The van der Waals surface area contributed by atoms with Gasteiger partial charge in [-0.05, 0) is 18.1 Å². The number of carbonyl (C=O) groups excluding carboxylic acids is 1. The maximum atomic E-state index is 12.1. The minimum absolute atomic E-state index is 0.235. The summed E-state index contributed by atoms with van der Waals surface area (Å²) in [7, 11) is 0. The molecule has 3 heteroatoms. The average Bonchev–Trinajstić information content (AvgIpc) is 2.46. The lowest BCUT2D eigenvalue weighted by atomic mass is 9.93. The number of hydrogen-bond acceptors (Lipinski definition) is 3. The summed E-state index contributed by atoms with van der Waals surface area (Å²) in [5, 5.41) is 0. The third-order valence-electron chi connectivity index (χ3n) is 3.01. The van der Waals surface area contributed by atoms with Gasteiger partial charge >= 0.3 is 5.97 Å². The zero-order chi connectivity index (χ0) is 13.7. The lowest BCUT2D eigenvalue weighted by Crippen LogP contribution is -2.43. The van der Waals surface area contributed by atoms with Gasteiger partial charge in [0.1, 0.15) is 12.1 Å². The largest absolute Gasteiger partial charge is 0.459 e. The van der Waals surface area contributed by atoms with Gasteiger partial charge in [0.05, 0.1) is 0 Å². The molecule has 0 saturated heterocycles. The van der Waals surface area contributed by atoms with Crippen LogP contribution in [0.25, 0.3) is 0 Å². The molecule has 0 aliphatic heterocycles. The average molecular weight is 255 g/mol. The molecule has 19 heavy (non-hydrogen) atoms. The number of ether oxygens (including phenoxy) is 1. The number of esters is 1. The highest BCUT2D eigenvalue weighted by atomic mass is 16.5. The van der Waals surface area contributed by atoms with E-state index in [1.165, 1.54) is 0 Å². The molecule has 2 aromatic carbocycles. The van der Waals surface area contributed by atoms with E-state index in [9.17, 15) is 4.79 Å². The van der Waals surface area contributed by atoms with Gasteiger partial charge in [0, 0.05) is 0 Å². The Morgan fingerprint density at radius 3 is 2.16 bits per heavy atom. The minimum Gasteiger partial charge on any atom is -0.459 e. The first-order valence-electron chi connectivity index (χ1n) is 6.16. The topological polar surface area (TPSA) is 52.3 Å². The van der Waals surface area contributed by atoms with Crippen molar-refractivity contribution in [1.29, 1.82) is 0 Å². The number of rotatable bonds is 4. The van der Waals surface area contributed by atoms with Crippen molar-refractivity contribution in [3.05, 3.63) is 71.8 Å². The predicted octanol–water partition coefficient (Wildman–Crippen LogP) is 2.60. The lowest BCUT2D eigenvalue weighted by molar-refractivity contribution is -0.151. The van der Waals surface area contributed by atoms with Crippen LogP contribution in [0, 0.1) is 0 Å². The van der Waals surface area contributed by atoms with Crippen LogP contribution in [0.15, 0.2) is 60.7 Å². The van der Waals surface area contributed by atoms with Crippen molar-refractivity contribution in [1.82, 2.24) is 0 Å². The zero-order valence-corrected chi connectivity index (χ0v) is 10.9. The van der Waals surface area contributed by atoms with E-state index in [2.05, 4.69) is 0 Å². The molecule has 2 aromatic rings. The third-order valence-corrected chi connectivity index (χ3v) is 3.01.